The Kier molecular flexibility index (Phi) is 4.04. The third-order valence-corrected chi connectivity index (χ3v) is 4.22. The maximum atomic E-state index is 12.4. The lowest BCUT2D eigenvalue weighted by molar-refractivity contribution is -0.140. The fourth-order valence-electron chi connectivity index (χ4n) is 2.97. The number of carbonyl (C=O) groups excluding carboxylic acids is 1. The molecular weight excluding hydrogens is 280 g/mol. The van der Waals surface area contributed by atoms with E-state index in [4.69, 9.17) is 0 Å². The SMILES string of the molecule is O=C(C[C@@H](C(=O)O)n1ccnc1)c1ccc2c(c1)CCCC2. The summed E-state index contributed by atoms with van der Waals surface area (Å²) in [7, 11) is 0. The van der Waals surface area contributed by atoms with Gasteiger partial charge in [0.05, 0.1) is 6.33 Å². The Morgan fingerprint density at radius 2 is 2.00 bits per heavy atom. The first kappa shape index (κ1) is 14.5. The van der Waals surface area contributed by atoms with E-state index in [0.29, 0.717) is 5.56 Å². The summed E-state index contributed by atoms with van der Waals surface area (Å²) in [6.07, 6.45) is 8.86. The molecule has 0 amide bonds. The number of nitrogens with zero attached hydrogens (tertiary/aromatic N) is 2. The normalized spacial score (nSPS) is 15.1. The number of rotatable bonds is 5. The number of hydrogen-bond donors (Lipinski definition) is 1. The predicted octanol–water partition coefficient (Wildman–Crippen LogP) is 2.66. The fraction of sp³-hybridized carbons (Fsp3) is 0.353. The number of carboxylic acids is 1. The molecule has 0 saturated heterocycles. The Balaban J connectivity index is 1.80. The largest absolute Gasteiger partial charge is 0.480 e. The number of carbonyl (C=O) groups is 2. The minimum absolute atomic E-state index is 0.0650. The number of ketones is 1. The van der Waals surface area contributed by atoms with Gasteiger partial charge in [0, 0.05) is 24.4 Å². The number of aromatic nitrogens is 2. The van der Waals surface area contributed by atoms with Gasteiger partial charge in [0.2, 0.25) is 0 Å². The second-order valence-corrected chi connectivity index (χ2v) is 5.68. The summed E-state index contributed by atoms with van der Waals surface area (Å²) < 4.78 is 1.46. The number of aliphatic carboxylic acids is 1. The Hall–Kier alpha value is -2.43. The van der Waals surface area contributed by atoms with Crippen molar-refractivity contribution in [2.45, 2.75) is 38.1 Å². The van der Waals surface area contributed by atoms with Gasteiger partial charge in [0.1, 0.15) is 6.04 Å². The third kappa shape index (κ3) is 2.93. The predicted molar refractivity (Wildman–Crippen MR) is 80.9 cm³/mol. The van der Waals surface area contributed by atoms with Gasteiger partial charge in [-0.1, -0.05) is 12.1 Å². The minimum Gasteiger partial charge on any atom is -0.480 e. The van der Waals surface area contributed by atoms with Crippen molar-refractivity contribution in [1.82, 2.24) is 9.55 Å². The lowest BCUT2D eigenvalue weighted by Crippen LogP contribution is -2.21. The van der Waals surface area contributed by atoms with E-state index in [9.17, 15) is 14.7 Å². The van der Waals surface area contributed by atoms with Gasteiger partial charge < -0.3 is 9.67 Å². The van der Waals surface area contributed by atoms with E-state index in [1.165, 1.54) is 34.6 Å². The number of benzene rings is 1. The van der Waals surface area contributed by atoms with Crippen LogP contribution in [0.2, 0.25) is 0 Å². The van der Waals surface area contributed by atoms with Gasteiger partial charge in [-0.2, -0.15) is 0 Å². The van der Waals surface area contributed by atoms with Gasteiger partial charge in [-0.15, -0.1) is 0 Å². The van der Waals surface area contributed by atoms with E-state index in [2.05, 4.69) is 4.98 Å². The van der Waals surface area contributed by atoms with Crippen molar-refractivity contribution in [3.63, 3.8) is 0 Å². The van der Waals surface area contributed by atoms with Crippen LogP contribution in [0.5, 0.6) is 0 Å². The number of hydrogen-bond acceptors (Lipinski definition) is 3. The Labute approximate surface area is 128 Å². The lowest BCUT2D eigenvalue weighted by atomic mass is 9.89. The van der Waals surface area contributed by atoms with E-state index < -0.39 is 12.0 Å². The molecule has 1 N–H and O–H groups in total. The first-order valence-corrected chi connectivity index (χ1v) is 7.50. The maximum absolute atomic E-state index is 12.4. The van der Waals surface area contributed by atoms with Gasteiger partial charge >= 0.3 is 5.97 Å². The highest BCUT2D eigenvalue weighted by Gasteiger charge is 2.24. The summed E-state index contributed by atoms with van der Waals surface area (Å²) in [5.74, 6) is -1.17. The molecule has 0 saturated carbocycles. The van der Waals surface area contributed by atoms with E-state index in [0.717, 1.165) is 19.3 Å². The van der Waals surface area contributed by atoms with Gasteiger partial charge in [-0.25, -0.2) is 9.78 Å². The summed E-state index contributed by atoms with van der Waals surface area (Å²) in [6.45, 7) is 0. The standard InChI is InChI=1S/C17H18N2O3/c20-16(10-15(17(21)22)19-8-7-18-11-19)14-6-5-12-3-1-2-4-13(12)9-14/h5-9,11,15H,1-4,10H2,(H,21,22)/t15-/m0/s1. The molecule has 1 aliphatic carbocycles. The first-order valence-electron chi connectivity index (χ1n) is 7.50. The molecular formula is C17H18N2O3. The summed E-state index contributed by atoms with van der Waals surface area (Å²) in [6, 6.07) is 4.85. The van der Waals surface area contributed by atoms with E-state index in [1.54, 1.807) is 6.20 Å². The average molecular weight is 298 g/mol. The van der Waals surface area contributed by atoms with Crippen molar-refractivity contribution in [2.24, 2.45) is 0 Å². The third-order valence-electron chi connectivity index (χ3n) is 4.22. The molecule has 0 spiro atoms. The zero-order valence-electron chi connectivity index (χ0n) is 12.2. The van der Waals surface area contributed by atoms with Crippen molar-refractivity contribution < 1.29 is 14.7 Å². The quantitative estimate of drug-likeness (QED) is 0.861. The number of carboxylic acid groups (broad SMARTS) is 1. The van der Waals surface area contributed by atoms with Crippen LogP contribution in [0, 0.1) is 0 Å². The topological polar surface area (TPSA) is 72.2 Å². The van der Waals surface area contributed by atoms with Crippen LogP contribution in [0.4, 0.5) is 0 Å². The van der Waals surface area contributed by atoms with Crippen LogP contribution in [0.3, 0.4) is 0 Å². The zero-order chi connectivity index (χ0) is 15.5. The molecule has 1 aromatic carbocycles. The molecule has 114 valence electrons. The lowest BCUT2D eigenvalue weighted by Gasteiger charge is -2.17. The zero-order valence-corrected chi connectivity index (χ0v) is 12.2. The molecule has 0 bridgehead atoms. The van der Waals surface area contributed by atoms with Crippen molar-refractivity contribution in [3.05, 3.63) is 53.6 Å². The number of aryl methyl sites for hydroxylation is 2. The first-order chi connectivity index (χ1) is 10.6. The molecule has 3 rings (SSSR count). The van der Waals surface area contributed by atoms with Crippen LogP contribution < -0.4 is 0 Å². The Morgan fingerprint density at radius 3 is 2.68 bits per heavy atom. The van der Waals surface area contributed by atoms with Crippen LogP contribution in [0.25, 0.3) is 0 Å². The molecule has 0 unspecified atom stereocenters. The Morgan fingerprint density at radius 1 is 1.23 bits per heavy atom. The summed E-state index contributed by atoms with van der Waals surface area (Å²) >= 11 is 0. The summed E-state index contributed by atoms with van der Waals surface area (Å²) in [5, 5.41) is 9.33. The van der Waals surface area contributed by atoms with Crippen molar-refractivity contribution in [2.75, 3.05) is 0 Å². The molecule has 1 aliphatic rings. The van der Waals surface area contributed by atoms with E-state index in [-0.39, 0.29) is 12.2 Å². The molecule has 1 aromatic heterocycles. The van der Waals surface area contributed by atoms with Crippen LogP contribution in [-0.4, -0.2) is 26.4 Å². The highest BCUT2D eigenvalue weighted by molar-refractivity contribution is 5.98. The van der Waals surface area contributed by atoms with Crippen LogP contribution in [0.1, 0.15) is 46.8 Å². The smallest absolute Gasteiger partial charge is 0.327 e. The highest BCUT2D eigenvalue weighted by Crippen LogP contribution is 2.24. The van der Waals surface area contributed by atoms with E-state index in [1.807, 2.05) is 18.2 Å². The van der Waals surface area contributed by atoms with Gasteiger partial charge in [0.15, 0.2) is 5.78 Å². The number of imidazole rings is 1. The molecule has 22 heavy (non-hydrogen) atoms. The Bertz CT molecular complexity index is 692. The van der Waals surface area contributed by atoms with Crippen molar-refractivity contribution in [1.29, 1.82) is 0 Å². The minimum atomic E-state index is -1.02. The number of fused-ring (bicyclic) bond motifs is 1. The van der Waals surface area contributed by atoms with Gasteiger partial charge in [-0.3, -0.25) is 4.79 Å². The number of Topliss-reactive ketones (excluding diaryl/α,β-unsaturated/α-hetero) is 1. The highest BCUT2D eigenvalue weighted by atomic mass is 16.4. The second-order valence-electron chi connectivity index (χ2n) is 5.68. The van der Waals surface area contributed by atoms with Gasteiger partial charge in [-0.05, 0) is 42.9 Å². The monoisotopic (exact) mass is 298 g/mol. The molecule has 5 heteroatoms. The van der Waals surface area contributed by atoms with Crippen LogP contribution in [-0.2, 0) is 17.6 Å². The summed E-state index contributed by atoms with van der Waals surface area (Å²) in [4.78, 5) is 27.7. The molecule has 0 aliphatic heterocycles. The van der Waals surface area contributed by atoms with Crippen LogP contribution >= 0.6 is 0 Å². The molecule has 2 aromatic rings. The van der Waals surface area contributed by atoms with Crippen LogP contribution in [0.15, 0.2) is 36.9 Å². The average Bonchev–Trinajstić information content (AvgIpc) is 3.05. The maximum Gasteiger partial charge on any atom is 0.327 e. The molecule has 5 nitrogen and oxygen atoms in total. The molecule has 1 heterocycles. The summed E-state index contributed by atoms with van der Waals surface area (Å²) in [5.41, 5.74) is 3.14. The fourth-order valence-corrected chi connectivity index (χ4v) is 2.97. The molecule has 0 fully saturated rings. The van der Waals surface area contributed by atoms with E-state index >= 15 is 0 Å². The second kappa shape index (κ2) is 6.13. The van der Waals surface area contributed by atoms with Gasteiger partial charge in [0.25, 0.3) is 0 Å². The van der Waals surface area contributed by atoms with Crippen molar-refractivity contribution >= 4 is 11.8 Å². The molecule has 0 radical (unpaired) electrons. The molecule has 1 atom stereocenters. The van der Waals surface area contributed by atoms with Crippen molar-refractivity contribution in [3.8, 4) is 0 Å².